The predicted octanol–water partition coefficient (Wildman–Crippen LogP) is 16.1. The Kier molecular flexibility index (Phi) is 8.15. The minimum Gasteiger partial charge on any atom is -0.310 e. The minimum atomic E-state index is -0.0850. The van der Waals surface area contributed by atoms with E-state index in [0.29, 0.717) is 5.41 Å². The molecule has 60 heavy (non-hydrogen) atoms. The summed E-state index contributed by atoms with van der Waals surface area (Å²) in [6.07, 6.45) is 8.70. The van der Waals surface area contributed by atoms with E-state index in [1.54, 1.807) is 5.56 Å². The Balaban J connectivity index is 0.898. The van der Waals surface area contributed by atoms with Crippen LogP contribution in [0.5, 0.6) is 0 Å². The van der Waals surface area contributed by atoms with Gasteiger partial charge in [0.2, 0.25) is 0 Å². The molecule has 1 heteroatoms. The fraction of sp³-hybridized carbons (Fsp3) is 0.220. The Labute approximate surface area is 355 Å². The number of nitrogens with zero attached hydrogens (tertiary/aromatic N) is 1. The highest BCUT2D eigenvalue weighted by Crippen LogP contribution is 2.61. The van der Waals surface area contributed by atoms with Gasteiger partial charge in [0.25, 0.3) is 0 Å². The minimum absolute atomic E-state index is 0.0850. The number of hydrogen-bond acceptors (Lipinski definition) is 1. The predicted molar refractivity (Wildman–Crippen MR) is 252 cm³/mol. The molecule has 0 saturated heterocycles. The zero-order valence-electron chi connectivity index (χ0n) is 34.7. The van der Waals surface area contributed by atoms with E-state index in [9.17, 15) is 0 Å². The largest absolute Gasteiger partial charge is 0.310 e. The van der Waals surface area contributed by atoms with Crippen LogP contribution in [0, 0.1) is 17.8 Å². The van der Waals surface area contributed by atoms with Gasteiger partial charge in [0.1, 0.15) is 0 Å². The number of hydrogen-bond donors (Lipinski definition) is 0. The molecule has 0 unspecified atom stereocenters. The molecule has 8 aromatic rings. The first-order valence-electron chi connectivity index (χ1n) is 22.3. The molecule has 13 rings (SSSR count). The monoisotopic (exact) mass is 773 g/mol. The second kappa shape index (κ2) is 13.7. The number of fused-ring (bicyclic) bond motifs is 4. The van der Waals surface area contributed by atoms with Gasteiger partial charge in [0.05, 0.1) is 0 Å². The van der Waals surface area contributed by atoms with Crippen LogP contribution in [0.4, 0.5) is 17.1 Å². The van der Waals surface area contributed by atoms with Gasteiger partial charge in [0, 0.05) is 22.5 Å². The smallest absolute Gasteiger partial charge is 0.0465 e. The van der Waals surface area contributed by atoms with Crippen molar-refractivity contribution < 1.29 is 0 Å². The van der Waals surface area contributed by atoms with Crippen molar-refractivity contribution in [3.8, 4) is 44.5 Å². The fourth-order valence-electron chi connectivity index (χ4n) is 12.8. The van der Waals surface area contributed by atoms with Crippen molar-refractivity contribution >= 4 is 27.8 Å². The normalized spacial score (nSPS) is 21.8. The van der Waals surface area contributed by atoms with Crippen LogP contribution in [0.15, 0.2) is 182 Å². The Morgan fingerprint density at radius 1 is 0.383 bits per heavy atom. The maximum absolute atomic E-state index is 2.49. The van der Waals surface area contributed by atoms with Crippen molar-refractivity contribution in [3.05, 3.63) is 199 Å². The van der Waals surface area contributed by atoms with E-state index in [1.165, 1.54) is 111 Å². The summed E-state index contributed by atoms with van der Waals surface area (Å²) in [7, 11) is 0. The molecule has 292 valence electrons. The lowest BCUT2D eigenvalue weighted by atomic mass is 9.48. The van der Waals surface area contributed by atoms with Gasteiger partial charge in [-0.2, -0.15) is 0 Å². The summed E-state index contributed by atoms with van der Waals surface area (Å²) >= 11 is 0. The molecular formula is C59H51N. The number of rotatable bonds is 7. The quantitative estimate of drug-likeness (QED) is 0.156. The number of anilines is 3. The molecule has 4 saturated carbocycles. The van der Waals surface area contributed by atoms with E-state index < -0.39 is 0 Å². The average Bonchev–Trinajstić information content (AvgIpc) is 3.52. The molecule has 0 heterocycles. The topological polar surface area (TPSA) is 3.24 Å². The fourth-order valence-corrected chi connectivity index (χ4v) is 12.8. The van der Waals surface area contributed by atoms with Gasteiger partial charge in [-0.3, -0.25) is 0 Å². The van der Waals surface area contributed by atoms with Gasteiger partial charge in [-0.15, -0.1) is 0 Å². The summed E-state index contributed by atoms with van der Waals surface area (Å²) in [5.41, 5.74) is 18.4. The first-order chi connectivity index (χ1) is 29.4. The van der Waals surface area contributed by atoms with Gasteiger partial charge in [-0.25, -0.2) is 0 Å². The summed E-state index contributed by atoms with van der Waals surface area (Å²) in [5.74, 6) is 2.88. The Hall–Kier alpha value is -6.18. The second-order valence-electron chi connectivity index (χ2n) is 19.2. The molecule has 0 spiro atoms. The lowest BCUT2D eigenvalue weighted by Gasteiger charge is -2.57. The third-order valence-electron chi connectivity index (χ3n) is 15.3. The summed E-state index contributed by atoms with van der Waals surface area (Å²) in [5, 5.41) is 2.60. The van der Waals surface area contributed by atoms with Crippen LogP contribution < -0.4 is 4.90 Å². The van der Waals surface area contributed by atoms with E-state index in [4.69, 9.17) is 0 Å². The molecule has 4 bridgehead atoms. The molecule has 0 aromatic heterocycles. The van der Waals surface area contributed by atoms with E-state index in [-0.39, 0.29) is 5.41 Å². The van der Waals surface area contributed by atoms with Crippen LogP contribution in [0.2, 0.25) is 0 Å². The highest BCUT2D eigenvalue weighted by Gasteiger charge is 2.51. The van der Waals surface area contributed by atoms with Gasteiger partial charge in [0.15, 0.2) is 0 Å². The van der Waals surface area contributed by atoms with Crippen LogP contribution in [0.3, 0.4) is 0 Å². The summed E-state index contributed by atoms with van der Waals surface area (Å²) in [6, 6.07) is 68.4. The third-order valence-corrected chi connectivity index (χ3v) is 15.3. The van der Waals surface area contributed by atoms with Crippen molar-refractivity contribution in [2.24, 2.45) is 17.8 Å². The van der Waals surface area contributed by atoms with Crippen LogP contribution in [0.1, 0.15) is 69.1 Å². The van der Waals surface area contributed by atoms with Gasteiger partial charge in [-0.05, 0) is 170 Å². The standard InChI is InChI=1S/C59H51N/c1-58(2)56-15-9-8-14-54(56)55-29-28-49(35-57(55)58)60(47-24-18-43(19-25-47)42-10-4-3-5-11-42)48-26-20-45(21-27-48)51-31-30-50(52-12-6-7-13-53(51)52)44-16-22-46(23-17-44)59-36-39-32-40(37-59)34-41(33-39)38-59/h3-31,35,39-41H,32-34,36-38H2,1-2H3. The van der Waals surface area contributed by atoms with Gasteiger partial charge >= 0.3 is 0 Å². The van der Waals surface area contributed by atoms with E-state index in [1.807, 2.05) is 0 Å². The zero-order valence-corrected chi connectivity index (χ0v) is 34.7. The average molecular weight is 774 g/mol. The highest BCUT2D eigenvalue weighted by molar-refractivity contribution is 6.05. The lowest BCUT2D eigenvalue weighted by molar-refractivity contribution is -0.00518. The molecule has 4 fully saturated rings. The van der Waals surface area contributed by atoms with Crippen LogP contribution in [-0.4, -0.2) is 0 Å². The van der Waals surface area contributed by atoms with Crippen LogP contribution in [-0.2, 0) is 10.8 Å². The molecule has 0 atom stereocenters. The molecule has 0 radical (unpaired) electrons. The van der Waals surface area contributed by atoms with Crippen LogP contribution in [0.25, 0.3) is 55.3 Å². The van der Waals surface area contributed by atoms with Gasteiger partial charge in [-0.1, -0.05) is 159 Å². The second-order valence-corrected chi connectivity index (χ2v) is 19.2. The van der Waals surface area contributed by atoms with Crippen molar-refractivity contribution in [3.63, 3.8) is 0 Å². The molecule has 1 nitrogen and oxygen atoms in total. The number of benzene rings is 8. The molecule has 0 aliphatic heterocycles. The molecule has 0 N–H and O–H groups in total. The van der Waals surface area contributed by atoms with Crippen molar-refractivity contribution in [2.75, 3.05) is 4.90 Å². The summed E-state index contributed by atoms with van der Waals surface area (Å²) in [4.78, 5) is 2.42. The SMILES string of the molecule is CC1(C)c2ccccc2-c2ccc(N(c3ccc(-c4ccccc4)cc3)c3ccc(-c4ccc(-c5ccc(C67CC8CC(CC(C8)C6)C7)cc5)c5ccccc45)cc3)cc21. The van der Waals surface area contributed by atoms with Crippen LogP contribution >= 0.6 is 0 Å². The molecule has 5 aliphatic carbocycles. The van der Waals surface area contributed by atoms with E-state index in [2.05, 4.69) is 201 Å². The maximum atomic E-state index is 2.49. The molecule has 8 aromatic carbocycles. The molecule has 0 amide bonds. The van der Waals surface area contributed by atoms with E-state index >= 15 is 0 Å². The maximum Gasteiger partial charge on any atom is 0.0465 e. The first kappa shape index (κ1) is 35.7. The third kappa shape index (κ3) is 5.73. The zero-order chi connectivity index (χ0) is 40.0. The van der Waals surface area contributed by atoms with E-state index in [0.717, 1.165) is 29.1 Å². The Morgan fingerprint density at radius 3 is 1.43 bits per heavy atom. The summed E-state index contributed by atoms with van der Waals surface area (Å²) < 4.78 is 0. The van der Waals surface area contributed by atoms with Crippen molar-refractivity contribution in [2.45, 2.75) is 63.2 Å². The van der Waals surface area contributed by atoms with Crippen molar-refractivity contribution in [1.29, 1.82) is 0 Å². The Bertz CT molecular complexity index is 2860. The first-order valence-corrected chi connectivity index (χ1v) is 22.3. The Morgan fingerprint density at radius 2 is 0.833 bits per heavy atom. The summed E-state index contributed by atoms with van der Waals surface area (Å²) in [6.45, 7) is 4.73. The van der Waals surface area contributed by atoms with Crippen molar-refractivity contribution in [1.82, 2.24) is 0 Å². The molecular weight excluding hydrogens is 723 g/mol. The molecule has 5 aliphatic rings. The van der Waals surface area contributed by atoms with Gasteiger partial charge < -0.3 is 4.90 Å². The highest BCUT2D eigenvalue weighted by atomic mass is 15.1. The lowest BCUT2D eigenvalue weighted by Crippen LogP contribution is -2.48.